The van der Waals surface area contributed by atoms with Crippen LogP contribution >= 0.6 is 23.2 Å². The largest absolute Gasteiger partial charge is 0.455 e. The first-order valence-corrected chi connectivity index (χ1v) is 10.6. The number of carbonyl (C=O) groups excluding carboxylic acids is 3. The minimum atomic E-state index is -0.354. The highest BCUT2D eigenvalue weighted by molar-refractivity contribution is 6.31. The molecule has 0 unspecified atom stereocenters. The van der Waals surface area contributed by atoms with E-state index in [4.69, 9.17) is 27.9 Å². The Labute approximate surface area is 194 Å². The zero-order valence-electron chi connectivity index (χ0n) is 16.8. The lowest BCUT2D eigenvalue weighted by Gasteiger charge is -2.15. The van der Waals surface area contributed by atoms with Crippen molar-refractivity contribution < 1.29 is 19.1 Å². The molecule has 162 valence electrons. The van der Waals surface area contributed by atoms with Gasteiger partial charge >= 0.3 is 0 Å². The normalized spacial score (nSPS) is 13.4. The number of carbonyl (C=O) groups is 3. The average molecular weight is 469 g/mol. The molecular weight excluding hydrogens is 451 g/mol. The van der Waals surface area contributed by atoms with Gasteiger partial charge in [0.05, 0.1) is 12.2 Å². The maximum Gasteiger partial charge on any atom is 0.255 e. The topological polar surface area (TPSA) is 75.7 Å². The van der Waals surface area contributed by atoms with Crippen LogP contribution in [-0.4, -0.2) is 22.6 Å². The molecule has 3 amide bonds. The third kappa shape index (κ3) is 5.10. The van der Waals surface area contributed by atoms with Crippen molar-refractivity contribution in [2.45, 2.75) is 19.4 Å². The zero-order chi connectivity index (χ0) is 22.7. The van der Waals surface area contributed by atoms with Gasteiger partial charge in [-0.15, -0.1) is 0 Å². The summed E-state index contributed by atoms with van der Waals surface area (Å²) in [4.78, 5) is 37.6. The van der Waals surface area contributed by atoms with Crippen molar-refractivity contribution in [3.8, 4) is 11.5 Å². The number of nitrogens with one attached hydrogen (secondary N) is 1. The molecule has 0 atom stereocenters. The van der Waals surface area contributed by atoms with Crippen molar-refractivity contribution in [3.05, 3.63) is 87.9 Å². The lowest BCUT2D eigenvalue weighted by Crippen LogP contribution is -2.28. The Balaban J connectivity index is 1.47. The number of amides is 3. The van der Waals surface area contributed by atoms with Crippen LogP contribution in [0.4, 0.5) is 5.69 Å². The van der Waals surface area contributed by atoms with Crippen molar-refractivity contribution >= 4 is 46.6 Å². The number of imide groups is 1. The number of rotatable bonds is 6. The maximum atomic E-state index is 12.8. The Hall–Kier alpha value is -3.35. The summed E-state index contributed by atoms with van der Waals surface area (Å²) in [5, 5.41) is 3.84. The van der Waals surface area contributed by atoms with Gasteiger partial charge in [-0.1, -0.05) is 35.3 Å². The van der Waals surface area contributed by atoms with Crippen LogP contribution in [0.5, 0.6) is 11.5 Å². The Kier molecular flexibility index (Phi) is 6.44. The van der Waals surface area contributed by atoms with Gasteiger partial charge in [0.1, 0.15) is 5.75 Å². The van der Waals surface area contributed by atoms with Gasteiger partial charge in [-0.3, -0.25) is 19.3 Å². The Morgan fingerprint density at radius 1 is 0.875 bits per heavy atom. The number of hydrogen-bond acceptors (Lipinski definition) is 4. The van der Waals surface area contributed by atoms with Gasteiger partial charge in [-0.25, -0.2) is 0 Å². The lowest BCUT2D eigenvalue weighted by molar-refractivity contribution is -0.139. The molecule has 0 radical (unpaired) electrons. The van der Waals surface area contributed by atoms with Crippen LogP contribution in [0, 0.1) is 0 Å². The molecule has 1 fully saturated rings. The summed E-state index contributed by atoms with van der Waals surface area (Å²) in [6.07, 6.45) is 0.499. The van der Waals surface area contributed by atoms with Gasteiger partial charge in [0.15, 0.2) is 5.75 Å². The molecule has 0 saturated carbocycles. The molecule has 8 heteroatoms. The van der Waals surface area contributed by atoms with E-state index in [1.54, 1.807) is 66.7 Å². The minimum absolute atomic E-state index is 0.175. The second kappa shape index (κ2) is 9.42. The summed E-state index contributed by atoms with van der Waals surface area (Å²) >= 11 is 12.0. The Morgan fingerprint density at radius 2 is 1.50 bits per heavy atom. The number of halogens is 2. The molecule has 1 aliphatic rings. The molecular formula is C24H18Cl2N2O4. The second-order valence-electron chi connectivity index (χ2n) is 7.22. The molecule has 1 saturated heterocycles. The minimum Gasteiger partial charge on any atom is -0.455 e. The average Bonchev–Trinajstić information content (AvgIpc) is 3.09. The Morgan fingerprint density at radius 3 is 2.16 bits per heavy atom. The van der Waals surface area contributed by atoms with Crippen LogP contribution in [0.15, 0.2) is 66.7 Å². The molecule has 32 heavy (non-hydrogen) atoms. The molecule has 0 aromatic heterocycles. The zero-order valence-corrected chi connectivity index (χ0v) is 18.3. The van der Waals surface area contributed by atoms with E-state index in [1.165, 1.54) is 4.90 Å². The molecule has 1 aliphatic heterocycles. The summed E-state index contributed by atoms with van der Waals surface area (Å²) in [6, 6.07) is 18.5. The summed E-state index contributed by atoms with van der Waals surface area (Å²) in [6.45, 7) is 0.201. The van der Waals surface area contributed by atoms with Crippen LogP contribution in [0.1, 0.15) is 28.8 Å². The number of anilines is 1. The summed E-state index contributed by atoms with van der Waals surface area (Å²) in [7, 11) is 0. The van der Waals surface area contributed by atoms with Crippen molar-refractivity contribution in [3.63, 3.8) is 0 Å². The van der Waals surface area contributed by atoms with Gasteiger partial charge in [0.25, 0.3) is 5.91 Å². The van der Waals surface area contributed by atoms with Crippen molar-refractivity contribution in [1.29, 1.82) is 0 Å². The molecule has 1 heterocycles. The number of nitrogens with zero attached hydrogens (tertiary/aromatic N) is 1. The molecule has 6 nitrogen and oxygen atoms in total. The summed E-state index contributed by atoms with van der Waals surface area (Å²) in [5.41, 5.74) is 1.58. The quantitative estimate of drug-likeness (QED) is 0.471. The van der Waals surface area contributed by atoms with Crippen LogP contribution < -0.4 is 10.1 Å². The van der Waals surface area contributed by atoms with E-state index in [9.17, 15) is 14.4 Å². The van der Waals surface area contributed by atoms with Crippen LogP contribution in [-0.2, 0) is 16.1 Å². The predicted molar refractivity (Wildman–Crippen MR) is 122 cm³/mol. The molecule has 1 N–H and O–H groups in total. The molecule has 0 aliphatic carbocycles. The Bertz CT molecular complexity index is 1160. The summed E-state index contributed by atoms with van der Waals surface area (Å²) < 4.78 is 5.87. The fraction of sp³-hybridized carbons (Fsp3) is 0.125. The first kappa shape index (κ1) is 21.9. The van der Waals surface area contributed by atoms with E-state index in [0.717, 1.165) is 5.56 Å². The number of ether oxygens (including phenoxy) is 1. The van der Waals surface area contributed by atoms with E-state index in [2.05, 4.69) is 5.32 Å². The van der Waals surface area contributed by atoms with E-state index >= 15 is 0 Å². The third-order valence-corrected chi connectivity index (χ3v) is 5.43. The molecule has 4 rings (SSSR count). The molecule has 0 spiro atoms. The fourth-order valence-corrected chi connectivity index (χ4v) is 3.55. The van der Waals surface area contributed by atoms with Crippen LogP contribution in [0.25, 0.3) is 0 Å². The number of likely N-dealkylation sites (tertiary alicyclic amines) is 1. The van der Waals surface area contributed by atoms with Gasteiger partial charge in [-0.05, 0) is 60.2 Å². The molecule has 0 bridgehead atoms. The SMILES string of the molecule is O=C(Nc1cc(Cl)ccc1Oc1ccc(Cl)cc1)c1ccc(CN2C(=O)CCC2=O)cc1. The van der Waals surface area contributed by atoms with Crippen molar-refractivity contribution in [2.75, 3.05) is 5.32 Å². The fourth-order valence-electron chi connectivity index (χ4n) is 3.26. The smallest absolute Gasteiger partial charge is 0.255 e. The van der Waals surface area contributed by atoms with Crippen LogP contribution in [0.2, 0.25) is 10.0 Å². The van der Waals surface area contributed by atoms with Crippen molar-refractivity contribution in [1.82, 2.24) is 4.90 Å². The molecule has 3 aromatic rings. The first-order chi connectivity index (χ1) is 15.4. The van der Waals surface area contributed by atoms with Gasteiger partial charge in [0, 0.05) is 28.5 Å². The monoisotopic (exact) mass is 468 g/mol. The first-order valence-electron chi connectivity index (χ1n) is 9.85. The number of benzene rings is 3. The molecule has 3 aromatic carbocycles. The van der Waals surface area contributed by atoms with E-state index in [0.29, 0.717) is 32.8 Å². The predicted octanol–water partition coefficient (Wildman–Crippen LogP) is 5.69. The number of hydrogen-bond donors (Lipinski definition) is 1. The van der Waals surface area contributed by atoms with Crippen molar-refractivity contribution in [2.24, 2.45) is 0 Å². The van der Waals surface area contributed by atoms with Gasteiger partial charge in [0.2, 0.25) is 11.8 Å². The third-order valence-electron chi connectivity index (χ3n) is 4.94. The van der Waals surface area contributed by atoms with E-state index in [-0.39, 0.29) is 37.1 Å². The lowest BCUT2D eigenvalue weighted by atomic mass is 10.1. The summed E-state index contributed by atoms with van der Waals surface area (Å²) in [5.74, 6) is 0.278. The van der Waals surface area contributed by atoms with E-state index < -0.39 is 0 Å². The van der Waals surface area contributed by atoms with Crippen LogP contribution in [0.3, 0.4) is 0 Å². The highest BCUT2D eigenvalue weighted by Gasteiger charge is 2.28. The highest BCUT2D eigenvalue weighted by Crippen LogP contribution is 2.33. The van der Waals surface area contributed by atoms with Gasteiger partial charge < -0.3 is 10.1 Å². The highest BCUT2D eigenvalue weighted by atomic mass is 35.5. The standard InChI is InChI=1S/C24H18Cl2N2O4/c25-17-5-8-19(9-6-17)32-21-10-7-18(26)13-20(21)27-24(31)16-3-1-15(2-4-16)14-28-22(29)11-12-23(28)30/h1-10,13H,11-12,14H2,(H,27,31). The van der Waals surface area contributed by atoms with E-state index in [1.807, 2.05) is 0 Å². The van der Waals surface area contributed by atoms with Gasteiger partial charge in [-0.2, -0.15) is 0 Å². The second-order valence-corrected chi connectivity index (χ2v) is 8.09. The maximum absolute atomic E-state index is 12.8.